The molecule has 1 aromatic heterocycles. The molecule has 0 saturated carbocycles. The van der Waals surface area contributed by atoms with E-state index < -0.39 is 60.0 Å². The lowest BCUT2D eigenvalue weighted by atomic mass is 9.97. The summed E-state index contributed by atoms with van der Waals surface area (Å²) in [6.07, 6.45) is -5.01. The molecule has 3 heterocycles. The standard InChI is InChI=1S/C22H28FN3O8/c1-2-24-9-12(22(32)33)17(28)11-7-13(23)15(8-14(11)24)25-3-5-26(6-4-25)21-20(31)19(30)18(29)16(10-27)34-21/h7-9,16,18-21,27,29-31H,2-6,10H2,1H3,(H,32,33)/t16-,18-,19+,20-,21-/m1/s1. The Balaban J connectivity index is 1.58. The highest BCUT2D eigenvalue weighted by molar-refractivity contribution is 5.93. The number of halogens is 1. The molecule has 2 aliphatic heterocycles. The third-order valence-corrected chi connectivity index (χ3v) is 6.60. The fourth-order valence-electron chi connectivity index (χ4n) is 4.66. The molecule has 12 heteroatoms. The van der Waals surface area contributed by atoms with Gasteiger partial charge < -0.3 is 39.7 Å². The van der Waals surface area contributed by atoms with Gasteiger partial charge in [0.1, 0.15) is 42.0 Å². The summed E-state index contributed by atoms with van der Waals surface area (Å²) >= 11 is 0. The van der Waals surface area contributed by atoms with Crippen LogP contribution in [0, 0.1) is 5.82 Å². The van der Waals surface area contributed by atoms with Crippen molar-refractivity contribution in [2.75, 3.05) is 37.7 Å². The number of hydrogen-bond donors (Lipinski definition) is 5. The fraction of sp³-hybridized carbons (Fsp3) is 0.545. The zero-order valence-electron chi connectivity index (χ0n) is 18.5. The molecule has 2 aromatic rings. The third-order valence-electron chi connectivity index (χ3n) is 6.60. The van der Waals surface area contributed by atoms with Crippen molar-refractivity contribution in [2.45, 2.75) is 44.1 Å². The first-order valence-electron chi connectivity index (χ1n) is 11.1. The van der Waals surface area contributed by atoms with Gasteiger partial charge in [-0.05, 0) is 19.1 Å². The molecule has 2 aliphatic rings. The van der Waals surface area contributed by atoms with Gasteiger partial charge in [0.05, 0.1) is 17.8 Å². The number of aromatic nitrogens is 1. The number of hydrogen-bond acceptors (Lipinski definition) is 9. The number of ether oxygens (including phenoxy) is 1. The van der Waals surface area contributed by atoms with Crippen molar-refractivity contribution in [3.63, 3.8) is 0 Å². The molecule has 0 unspecified atom stereocenters. The Hall–Kier alpha value is -2.61. The Kier molecular flexibility index (Phi) is 6.90. The largest absolute Gasteiger partial charge is 0.477 e. The number of aryl methyl sites for hydroxylation is 1. The van der Waals surface area contributed by atoms with E-state index >= 15 is 4.39 Å². The Bertz CT molecular complexity index is 1130. The Morgan fingerprint density at radius 3 is 2.38 bits per heavy atom. The number of aromatic carboxylic acids is 1. The van der Waals surface area contributed by atoms with Crippen molar-refractivity contribution in [1.29, 1.82) is 0 Å². The first-order chi connectivity index (χ1) is 16.2. The quantitative estimate of drug-likeness (QED) is 0.351. The second-order valence-corrected chi connectivity index (χ2v) is 8.53. The lowest BCUT2D eigenvalue weighted by Crippen LogP contribution is -2.65. The van der Waals surface area contributed by atoms with Crippen LogP contribution in [0.15, 0.2) is 23.1 Å². The van der Waals surface area contributed by atoms with Crippen molar-refractivity contribution >= 4 is 22.6 Å². The number of carboxylic acids is 1. The van der Waals surface area contributed by atoms with E-state index in [0.29, 0.717) is 38.2 Å². The molecule has 0 bridgehead atoms. The topological polar surface area (TPSA) is 156 Å². The lowest BCUT2D eigenvalue weighted by molar-refractivity contribution is -0.265. The molecule has 0 radical (unpaired) electrons. The van der Waals surface area contributed by atoms with E-state index in [1.165, 1.54) is 12.3 Å². The van der Waals surface area contributed by atoms with Crippen LogP contribution in [0.2, 0.25) is 0 Å². The van der Waals surface area contributed by atoms with Crippen LogP contribution >= 0.6 is 0 Å². The second kappa shape index (κ2) is 9.56. The van der Waals surface area contributed by atoms with Crippen molar-refractivity contribution in [3.8, 4) is 0 Å². The molecule has 0 spiro atoms. The minimum absolute atomic E-state index is 0.0112. The van der Waals surface area contributed by atoms with Gasteiger partial charge in [-0.3, -0.25) is 9.69 Å². The highest BCUT2D eigenvalue weighted by Crippen LogP contribution is 2.29. The number of pyridine rings is 1. The maximum Gasteiger partial charge on any atom is 0.341 e. The van der Waals surface area contributed by atoms with Gasteiger partial charge in [-0.2, -0.15) is 0 Å². The van der Waals surface area contributed by atoms with Crippen LogP contribution in [-0.2, 0) is 11.3 Å². The van der Waals surface area contributed by atoms with Gasteiger partial charge in [-0.1, -0.05) is 0 Å². The number of nitrogens with zero attached hydrogens (tertiary/aromatic N) is 3. The molecule has 11 nitrogen and oxygen atoms in total. The predicted molar refractivity (Wildman–Crippen MR) is 118 cm³/mol. The number of rotatable bonds is 5. The molecule has 186 valence electrons. The van der Waals surface area contributed by atoms with Gasteiger partial charge >= 0.3 is 5.97 Å². The van der Waals surface area contributed by atoms with Crippen molar-refractivity contribution < 1.29 is 39.5 Å². The second-order valence-electron chi connectivity index (χ2n) is 8.53. The highest BCUT2D eigenvalue weighted by Gasteiger charge is 2.46. The molecule has 5 atom stereocenters. The zero-order valence-corrected chi connectivity index (χ0v) is 18.5. The molecule has 1 aromatic carbocycles. The summed E-state index contributed by atoms with van der Waals surface area (Å²) in [6, 6.07) is 2.60. The number of piperazine rings is 1. The smallest absolute Gasteiger partial charge is 0.341 e. The number of anilines is 1. The van der Waals surface area contributed by atoms with Gasteiger partial charge in [-0.15, -0.1) is 0 Å². The van der Waals surface area contributed by atoms with Gasteiger partial charge in [0, 0.05) is 44.3 Å². The molecule has 0 amide bonds. The van der Waals surface area contributed by atoms with Crippen LogP contribution in [0.5, 0.6) is 0 Å². The Labute approximate surface area is 193 Å². The number of carboxylic acid groups (broad SMARTS) is 1. The summed E-state index contributed by atoms with van der Waals surface area (Å²) in [4.78, 5) is 27.5. The molecule has 4 rings (SSSR count). The number of aliphatic hydroxyl groups is 4. The van der Waals surface area contributed by atoms with E-state index in [9.17, 15) is 35.1 Å². The van der Waals surface area contributed by atoms with Gasteiger partial charge in [0.25, 0.3) is 0 Å². The van der Waals surface area contributed by atoms with E-state index in [0.717, 1.165) is 6.07 Å². The minimum Gasteiger partial charge on any atom is -0.477 e. The van der Waals surface area contributed by atoms with E-state index in [1.807, 2.05) is 0 Å². The molecule has 5 N–H and O–H groups in total. The molecule has 2 fully saturated rings. The molecule has 0 aliphatic carbocycles. The van der Waals surface area contributed by atoms with Gasteiger partial charge in [0.15, 0.2) is 0 Å². The summed E-state index contributed by atoms with van der Waals surface area (Å²) < 4.78 is 22.2. The summed E-state index contributed by atoms with van der Waals surface area (Å²) in [6.45, 7) is 2.98. The molecule has 2 saturated heterocycles. The molecular weight excluding hydrogens is 453 g/mol. The van der Waals surface area contributed by atoms with Crippen LogP contribution in [0.3, 0.4) is 0 Å². The minimum atomic E-state index is -1.48. The van der Waals surface area contributed by atoms with Crippen LogP contribution in [-0.4, -0.2) is 104 Å². The summed E-state index contributed by atoms with van der Waals surface area (Å²) in [5, 5.41) is 49.1. The predicted octanol–water partition coefficient (Wildman–Crippen LogP) is -1.22. The molecular formula is C22H28FN3O8. The number of carbonyl (C=O) groups is 1. The monoisotopic (exact) mass is 481 g/mol. The van der Waals surface area contributed by atoms with Crippen LogP contribution in [0.25, 0.3) is 10.9 Å². The summed E-state index contributed by atoms with van der Waals surface area (Å²) in [7, 11) is 0. The number of benzene rings is 1. The average molecular weight is 481 g/mol. The number of aliphatic hydroxyl groups excluding tert-OH is 4. The average Bonchev–Trinajstić information content (AvgIpc) is 2.83. The lowest BCUT2D eigenvalue weighted by Gasteiger charge is -2.47. The normalized spacial score (nSPS) is 28.4. The Morgan fingerprint density at radius 1 is 1.12 bits per heavy atom. The van der Waals surface area contributed by atoms with Crippen molar-refractivity contribution in [3.05, 3.63) is 39.9 Å². The Morgan fingerprint density at radius 2 is 1.79 bits per heavy atom. The SMILES string of the molecule is CCn1cc(C(=O)O)c(=O)c2cc(F)c(N3CCN([C@@H]4O[C@H](CO)[C@@H](O)[C@H](O)[C@H]4O)CC3)cc21. The maximum absolute atomic E-state index is 15.1. The van der Waals surface area contributed by atoms with E-state index in [1.54, 1.807) is 21.3 Å². The van der Waals surface area contributed by atoms with Gasteiger partial charge in [-0.25, -0.2) is 9.18 Å². The summed E-state index contributed by atoms with van der Waals surface area (Å²) in [5.41, 5.74) is -0.490. The molecule has 34 heavy (non-hydrogen) atoms. The van der Waals surface area contributed by atoms with Crippen LogP contribution in [0.4, 0.5) is 10.1 Å². The summed E-state index contributed by atoms with van der Waals surface area (Å²) in [5.74, 6) is -2.03. The van der Waals surface area contributed by atoms with Gasteiger partial charge in [0.2, 0.25) is 5.43 Å². The third kappa shape index (κ3) is 4.17. The van der Waals surface area contributed by atoms with Crippen LogP contribution < -0.4 is 10.3 Å². The van der Waals surface area contributed by atoms with Crippen molar-refractivity contribution in [2.24, 2.45) is 0 Å². The first-order valence-corrected chi connectivity index (χ1v) is 11.1. The van der Waals surface area contributed by atoms with Crippen molar-refractivity contribution in [1.82, 2.24) is 9.47 Å². The van der Waals surface area contributed by atoms with E-state index in [2.05, 4.69) is 0 Å². The zero-order chi connectivity index (χ0) is 24.7. The fourth-order valence-corrected chi connectivity index (χ4v) is 4.66. The highest BCUT2D eigenvalue weighted by atomic mass is 19.1. The first kappa shape index (κ1) is 24.5. The van der Waals surface area contributed by atoms with Crippen LogP contribution in [0.1, 0.15) is 17.3 Å². The maximum atomic E-state index is 15.1. The number of fused-ring (bicyclic) bond motifs is 1. The van der Waals surface area contributed by atoms with E-state index in [4.69, 9.17) is 4.74 Å². The van der Waals surface area contributed by atoms with E-state index in [-0.39, 0.29) is 11.1 Å².